The molecule has 1 aromatic carbocycles. The van der Waals surface area contributed by atoms with Crippen LogP contribution in [0, 0.1) is 0 Å². The number of benzene rings is 1. The van der Waals surface area contributed by atoms with Gasteiger partial charge in [0.2, 0.25) is 5.91 Å². The van der Waals surface area contributed by atoms with Crippen molar-refractivity contribution >= 4 is 35.0 Å². The van der Waals surface area contributed by atoms with Crippen molar-refractivity contribution in [3.05, 3.63) is 17.2 Å². The molecule has 1 aromatic rings. The van der Waals surface area contributed by atoms with Crippen LogP contribution in [0.5, 0.6) is 11.5 Å². The molecule has 0 bridgehead atoms. The molecule has 0 spiro atoms. The molecule has 0 saturated carbocycles. The van der Waals surface area contributed by atoms with E-state index in [9.17, 15) is 4.79 Å². The normalized spacial score (nSPS) is 20.9. The van der Waals surface area contributed by atoms with Crippen molar-refractivity contribution in [3.8, 4) is 11.5 Å². The van der Waals surface area contributed by atoms with Crippen LogP contribution < -0.4 is 20.1 Å². The molecule has 2 aliphatic rings. The second-order valence-electron chi connectivity index (χ2n) is 4.95. The Kier molecular flexibility index (Phi) is 4.77. The highest BCUT2D eigenvalue weighted by Crippen LogP contribution is 2.38. The van der Waals surface area contributed by atoms with Crippen LogP contribution in [0.4, 0.5) is 5.69 Å². The molecule has 1 amide bonds. The van der Waals surface area contributed by atoms with Crippen LogP contribution in [-0.2, 0) is 4.79 Å². The molecule has 1 atom stereocenters. The minimum Gasteiger partial charge on any atom is -0.486 e. The number of anilines is 1. The van der Waals surface area contributed by atoms with Crippen LogP contribution in [0.3, 0.4) is 0 Å². The molecule has 5 nitrogen and oxygen atoms in total. The number of hydrogen-bond donors (Lipinski definition) is 2. The first-order chi connectivity index (χ1) is 10.2. The molecule has 2 N–H and O–H groups in total. The quantitative estimate of drug-likeness (QED) is 0.890. The fourth-order valence-corrected chi connectivity index (χ4v) is 3.49. The van der Waals surface area contributed by atoms with Crippen molar-refractivity contribution < 1.29 is 14.3 Å². The lowest BCUT2D eigenvalue weighted by Gasteiger charge is -2.23. The summed E-state index contributed by atoms with van der Waals surface area (Å²) in [6.07, 6.45) is 0.442. The average molecular weight is 329 g/mol. The molecule has 2 heterocycles. The van der Waals surface area contributed by atoms with E-state index < -0.39 is 0 Å². The summed E-state index contributed by atoms with van der Waals surface area (Å²) in [6, 6.07) is 3.62. The lowest BCUT2D eigenvalue weighted by Crippen LogP contribution is -2.39. The molecule has 0 aromatic heterocycles. The van der Waals surface area contributed by atoms with Crippen molar-refractivity contribution in [3.63, 3.8) is 0 Å². The minimum absolute atomic E-state index is 0.0476. The highest BCUT2D eigenvalue weighted by molar-refractivity contribution is 7.99. The number of hydrogen-bond acceptors (Lipinski definition) is 5. The summed E-state index contributed by atoms with van der Waals surface area (Å²) in [5, 5.41) is 6.65. The van der Waals surface area contributed by atoms with Crippen LogP contribution in [-0.4, -0.2) is 43.2 Å². The van der Waals surface area contributed by atoms with Crippen LogP contribution in [0.1, 0.15) is 6.42 Å². The predicted octanol–water partition coefficient (Wildman–Crippen LogP) is 2.14. The van der Waals surface area contributed by atoms with Gasteiger partial charge in [-0.05, 0) is 0 Å². The van der Waals surface area contributed by atoms with Crippen molar-refractivity contribution in [1.29, 1.82) is 0 Å². The molecular formula is C14H17ClN2O3S. The fourth-order valence-electron chi connectivity index (χ4n) is 2.34. The maximum atomic E-state index is 12.1. The monoisotopic (exact) mass is 328 g/mol. The molecule has 21 heavy (non-hydrogen) atoms. The smallest absolute Gasteiger partial charge is 0.226 e. The fraction of sp³-hybridized carbons (Fsp3) is 0.500. The first kappa shape index (κ1) is 14.8. The Bertz CT molecular complexity index is 535. The van der Waals surface area contributed by atoms with E-state index in [-0.39, 0.29) is 11.9 Å². The highest BCUT2D eigenvalue weighted by Gasteiger charge is 2.19. The molecule has 0 radical (unpaired) electrons. The van der Waals surface area contributed by atoms with Crippen molar-refractivity contribution in [1.82, 2.24) is 5.32 Å². The lowest BCUT2D eigenvalue weighted by atomic mass is 10.2. The lowest BCUT2D eigenvalue weighted by molar-refractivity contribution is -0.116. The largest absolute Gasteiger partial charge is 0.486 e. The van der Waals surface area contributed by atoms with E-state index in [0.717, 1.165) is 18.1 Å². The summed E-state index contributed by atoms with van der Waals surface area (Å²) >= 11 is 8.05. The minimum atomic E-state index is -0.0476. The van der Waals surface area contributed by atoms with Gasteiger partial charge in [0.05, 0.1) is 10.7 Å². The van der Waals surface area contributed by atoms with Gasteiger partial charge in [0.1, 0.15) is 13.2 Å². The van der Waals surface area contributed by atoms with Gasteiger partial charge in [-0.2, -0.15) is 11.8 Å². The van der Waals surface area contributed by atoms with Crippen molar-refractivity contribution in [2.24, 2.45) is 0 Å². The average Bonchev–Trinajstić information content (AvgIpc) is 2.49. The summed E-state index contributed by atoms with van der Waals surface area (Å²) in [6.45, 7) is 1.97. The van der Waals surface area contributed by atoms with Gasteiger partial charge in [-0.1, -0.05) is 11.6 Å². The first-order valence-corrected chi connectivity index (χ1v) is 8.46. The molecule has 0 aliphatic carbocycles. The van der Waals surface area contributed by atoms with E-state index >= 15 is 0 Å². The summed E-state index contributed by atoms with van der Waals surface area (Å²) < 4.78 is 11.0. The van der Waals surface area contributed by atoms with Gasteiger partial charge in [0.25, 0.3) is 0 Å². The number of carbonyl (C=O) groups is 1. The van der Waals surface area contributed by atoms with Crippen molar-refractivity contribution in [2.45, 2.75) is 12.5 Å². The number of thioether (sulfide) groups is 1. The van der Waals surface area contributed by atoms with Gasteiger partial charge in [-0.15, -0.1) is 0 Å². The highest BCUT2D eigenvalue weighted by atomic mass is 35.5. The number of carbonyl (C=O) groups excluding carboxylic acids is 1. The van der Waals surface area contributed by atoms with Gasteiger partial charge in [0.15, 0.2) is 11.5 Å². The summed E-state index contributed by atoms with van der Waals surface area (Å²) in [5.41, 5.74) is 0.564. The van der Waals surface area contributed by atoms with Crippen molar-refractivity contribution in [2.75, 3.05) is 36.6 Å². The predicted molar refractivity (Wildman–Crippen MR) is 84.8 cm³/mol. The van der Waals surface area contributed by atoms with E-state index in [2.05, 4.69) is 10.6 Å². The number of halogens is 1. The first-order valence-electron chi connectivity index (χ1n) is 6.92. The van der Waals surface area contributed by atoms with Crippen LogP contribution >= 0.6 is 23.4 Å². The van der Waals surface area contributed by atoms with E-state index in [0.29, 0.717) is 41.8 Å². The van der Waals surface area contributed by atoms with Gasteiger partial charge in [0, 0.05) is 42.6 Å². The zero-order valence-electron chi connectivity index (χ0n) is 11.5. The molecule has 2 aliphatic heterocycles. The Morgan fingerprint density at radius 3 is 2.86 bits per heavy atom. The SMILES string of the molecule is O=C(CC1CSCCN1)Nc1cc2c(cc1Cl)OCCO2. The maximum absolute atomic E-state index is 12.1. The third kappa shape index (κ3) is 3.75. The topological polar surface area (TPSA) is 59.6 Å². The molecule has 1 unspecified atom stereocenters. The maximum Gasteiger partial charge on any atom is 0.226 e. The third-order valence-electron chi connectivity index (χ3n) is 3.34. The third-order valence-corrected chi connectivity index (χ3v) is 4.78. The molecule has 7 heteroatoms. The van der Waals surface area contributed by atoms with E-state index in [4.69, 9.17) is 21.1 Å². The number of nitrogens with one attached hydrogen (secondary N) is 2. The second-order valence-corrected chi connectivity index (χ2v) is 6.51. The summed E-state index contributed by atoms with van der Waals surface area (Å²) in [7, 11) is 0. The number of fused-ring (bicyclic) bond motifs is 1. The van der Waals surface area contributed by atoms with E-state index in [1.807, 2.05) is 11.8 Å². The van der Waals surface area contributed by atoms with Gasteiger partial charge in [-0.25, -0.2) is 0 Å². The molecule has 3 rings (SSSR count). The Morgan fingerprint density at radius 2 is 2.14 bits per heavy atom. The second kappa shape index (κ2) is 6.77. The van der Waals surface area contributed by atoms with Crippen LogP contribution in [0.15, 0.2) is 12.1 Å². The molecule has 1 fully saturated rings. The Hall–Kier alpha value is -1.11. The Balaban J connectivity index is 1.65. The number of rotatable bonds is 3. The summed E-state index contributed by atoms with van der Waals surface area (Å²) in [4.78, 5) is 12.1. The van der Waals surface area contributed by atoms with Gasteiger partial charge >= 0.3 is 0 Å². The Labute approximate surface area is 132 Å². The molecular weight excluding hydrogens is 312 g/mol. The summed E-state index contributed by atoms with van der Waals surface area (Å²) in [5.74, 6) is 3.25. The zero-order chi connectivity index (χ0) is 14.7. The zero-order valence-corrected chi connectivity index (χ0v) is 13.1. The molecule has 114 valence electrons. The standard InChI is InChI=1S/C14H17ClN2O3S/c15-10-6-12-13(20-3-2-19-12)7-11(10)17-14(18)5-9-8-21-4-1-16-9/h6-7,9,16H,1-5,8H2,(H,17,18). The van der Waals surface area contributed by atoms with E-state index in [1.54, 1.807) is 12.1 Å². The van der Waals surface area contributed by atoms with Crippen LogP contribution in [0.2, 0.25) is 5.02 Å². The number of ether oxygens (including phenoxy) is 2. The number of amides is 1. The Morgan fingerprint density at radius 1 is 1.38 bits per heavy atom. The molecule has 1 saturated heterocycles. The van der Waals surface area contributed by atoms with Gasteiger partial charge < -0.3 is 20.1 Å². The van der Waals surface area contributed by atoms with Gasteiger partial charge in [-0.3, -0.25) is 4.79 Å². The van der Waals surface area contributed by atoms with E-state index in [1.165, 1.54) is 0 Å². The van der Waals surface area contributed by atoms with Crippen LogP contribution in [0.25, 0.3) is 0 Å².